The van der Waals surface area contributed by atoms with E-state index in [-0.39, 0.29) is 18.4 Å². The molecule has 4 heterocycles. The Balaban J connectivity index is 1.33. The summed E-state index contributed by atoms with van der Waals surface area (Å²) in [6, 6.07) is 18.6. The van der Waals surface area contributed by atoms with Gasteiger partial charge in [0.1, 0.15) is 12.4 Å². The van der Waals surface area contributed by atoms with E-state index in [2.05, 4.69) is 70.8 Å². The highest BCUT2D eigenvalue weighted by molar-refractivity contribution is 5.94. The molecule has 211 valence electrons. The number of aromatic nitrogens is 2. The number of anilines is 2. The van der Waals surface area contributed by atoms with Gasteiger partial charge < -0.3 is 24.3 Å². The Kier molecular flexibility index (Phi) is 7.75. The fourth-order valence-corrected chi connectivity index (χ4v) is 6.42. The zero-order valence-electron chi connectivity index (χ0n) is 23.6. The molecule has 0 unspecified atom stereocenters. The van der Waals surface area contributed by atoms with Gasteiger partial charge in [-0.15, -0.1) is 0 Å². The lowest BCUT2D eigenvalue weighted by atomic mass is 10.0. The zero-order valence-corrected chi connectivity index (χ0v) is 23.6. The highest BCUT2D eigenvalue weighted by Gasteiger charge is 2.33. The van der Waals surface area contributed by atoms with Crippen LogP contribution in [0.5, 0.6) is 6.01 Å². The number of rotatable bonds is 7. The van der Waals surface area contributed by atoms with Gasteiger partial charge in [0.2, 0.25) is 5.91 Å². The largest absolute Gasteiger partial charge is 0.462 e. The molecule has 0 aliphatic carbocycles. The molecule has 2 saturated heterocycles. The second-order valence-corrected chi connectivity index (χ2v) is 11.1. The van der Waals surface area contributed by atoms with Crippen LogP contribution in [0.1, 0.15) is 30.5 Å². The maximum atomic E-state index is 12.5. The Labute approximate surface area is 241 Å². The van der Waals surface area contributed by atoms with Crippen molar-refractivity contribution in [1.82, 2.24) is 19.8 Å². The summed E-state index contributed by atoms with van der Waals surface area (Å²) in [5.74, 6) is 0.726. The molecule has 9 nitrogen and oxygen atoms in total. The van der Waals surface area contributed by atoms with Gasteiger partial charge in [-0.25, -0.2) is 0 Å². The highest BCUT2D eigenvalue weighted by Crippen LogP contribution is 2.35. The van der Waals surface area contributed by atoms with Crippen LogP contribution in [0, 0.1) is 17.4 Å². The molecule has 2 atom stereocenters. The molecular formula is C32H36N7O2. The first kappa shape index (κ1) is 27.0. The van der Waals surface area contributed by atoms with Crippen molar-refractivity contribution in [3.8, 4) is 12.1 Å². The predicted octanol–water partition coefficient (Wildman–Crippen LogP) is 3.58. The molecule has 3 aliphatic heterocycles. The van der Waals surface area contributed by atoms with E-state index in [1.54, 1.807) is 4.90 Å². The Bertz CT molecular complexity index is 1480. The van der Waals surface area contributed by atoms with Crippen LogP contribution in [-0.2, 0) is 17.8 Å². The lowest BCUT2D eigenvalue weighted by molar-refractivity contribution is -0.128. The number of nitriles is 1. The number of likely N-dealkylation sites (N-methyl/N-ethyl adjacent to an activating group) is 1. The fraction of sp³-hybridized carbons (Fsp3) is 0.438. The van der Waals surface area contributed by atoms with E-state index in [9.17, 15) is 10.1 Å². The second kappa shape index (κ2) is 11.8. The molecule has 1 amide bonds. The molecule has 1 radical (unpaired) electrons. The van der Waals surface area contributed by atoms with Crippen molar-refractivity contribution in [2.75, 3.05) is 56.2 Å². The predicted molar refractivity (Wildman–Crippen MR) is 159 cm³/mol. The minimum Gasteiger partial charge on any atom is -0.462 e. The molecule has 1 aromatic heterocycles. The normalized spacial score (nSPS) is 21.0. The summed E-state index contributed by atoms with van der Waals surface area (Å²) in [6.07, 6.45) is 4.65. The maximum absolute atomic E-state index is 12.5. The number of hydrogen-bond acceptors (Lipinski definition) is 8. The van der Waals surface area contributed by atoms with Crippen molar-refractivity contribution in [3.05, 3.63) is 66.4 Å². The number of piperazine rings is 1. The minimum atomic E-state index is -0.229. The van der Waals surface area contributed by atoms with Crippen LogP contribution in [0.4, 0.5) is 11.5 Å². The minimum absolute atomic E-state index is 0.137. The lowest BCUT2D eigenvalue weighted by Gasteiger charge is -2.42. The quantitative estimate of drug-likeness (QED) is 0.413. The van der Waals surface area contributed by atoms with E-state index < -0.39 is 0 Å². The molecule has 2 aromatic carbocycles. The first-order chi connectivity index (χ1) is 20.1. The Morgan fingerprint density at radius 1 is 1.17 bits per heavy atom. The number of carbonyl (C=O) groups excluding carboxylic acids is 1. The standard InChI is InChI=1S/C32H36N7O2/c1-3-30(40)39-19-18-38(20-24(39)13-15-33)31-27-14-17-37(29-12-6-9-23-8-4-5-11-26(23)29)21-28(27)34-32(35-31)41-22-25-10-7-16-36(25)2/h3-5,8-9,11-12,24-25H,1,7,10,13-14,16-22H2,2H3/t24-,25-/m0/s1. The van der Waals surface area contributed by atoms with E-state index in [0.717, 1.165) is 48.7 Å². The number of nitrogens with zero attached hydrogens (tertiary/aromatic N) is 7. The van der Waals surface area contributed by atoms with Gasteiger partial charge in [-0.05, 0) is 62.5 Å². The Hall–Kier alpha value is -4.16. The monoisotopic (exact) mass is 550 g/mol. The molecule has 3 aliphatic rings. The summed E-state index contributed by atoms with van der Waals surface area (Å²) in [5.41, 5.74) is 3.23. The van der Waals surface area contributed by atoms with Gasteiger partial charge in [-0.3, -0.25) is 4.79 Å². The highest BCUT2D eigenvalue weighted by atomic mass is 16.5. The van der Waals surface area contributed by atoms with Gasteiger partial charge in [0.25, 0.3) is 0 Å². The number of hydrogen-bond donors (Lipinski definition) is 0. The molecule has 41 heavy (non-hydrogen) atoms. The fourth-order valence-electron chi connectivity index (χ4n) is 6.42. The molecule has 0 saturated carbocycles. The first-order valence-electron chi connectivity index (χ1n) is 14.5. The average Bonchev–Trinajstić information content (AvgIpc) is 3.43. The third kappa shape index (κ3) is 5.44. The lowest BCUT2D eigenvalue weighted by Crippen LogP contribution is -2.55. The molecule has 0 N–H and O–H groups in total. The van der Waals surface area contributed by atoms with E-state index in [1.165, 1.54) is 23.3 Å². The van der Waals surface area contributed by atoms with Crippen molar-refractivity contribution in [2.45, 2.75) is 44.3 Å². The summed E-state index contributed by atoms with van der Waals surface area (Å²) in [4.78, 5) is 31.1. The van der Waals surface area contributed by atoms with Gasteiger partial charge in [0, 0.05) is 48.9 Å². The average molecular weight is 551 g/mol. The Morgan fingerprint density at radius 3 is 2.85 bits per heavy atom. The van der Waals surface area contributed by atoms with Gasteiger partial charge in [-0.2, -0.15) is 15.2 Å². The van der Waals surface area contributed by atoms with Crippen LogP contribution in [0.25, 0.3) is 10.8 Å². The van der Waals surface area contributed by atoms with Gasteiger partial charge in [-0.1, -0.05) is 30.8 Å². The first-order valence-corrected chi connectivity index (χ1v) is 14.5. The van der Waals surface area contributed by atoms with Crippen molar-refractivity contribution >= 4 is 28.2 Å². The van der Waals surface area contributed by atoms with E-state index in [1.807, 2.05) is 6.07 Å². The topological polar surface area (TPSA) is 88.8 Å². The van der Waals surface area contributed by atoms with Gasteiger partial charge >= 0.3 is 6.01 Å². The number of ether oxygens (including phenoxy) is 1. The summed E-state index contributed by atoms with van der Waals surface area (Å²) in [6.45, 7) is 8.42. The zero-order chi connectivity index (χ0) is 28.3. The van der Waals surface area contributed by atoms with Gasteiger partial charge in [0.05, 0.1) is 30.8 Å². The molecule has 0 spiro atoms. The maximum Gasteiger partial charge on any atom is 0.318 e. The van der Waals surface area contributed by atoms with Crippen LogP contribution < -0.4 is 14.5 Å². The van der Waals surface area contributed by atoms with Crippen molar-refractivity contribution in [1.29, 1.82) is 5.26 Å². The van der Waals surface area contributed by atoms with Gasteiger partial charge in [0.15, 0.2) is 0 Å². The smallest absolute Gasteiger partial charge is 0.318 e. The number of likely N-dealkylation sites (tertiary alicyclic amines) is 1. The summed E-state index contributed by atoms with van der Waals surface area (Å²) < 4.78 is 6.27. The Morgan fingerprint density at radius 2 is 2.05 bits per heavy atom. The number of fused-ring (bicyclic) bond motifs is 2. The van der Waals surface area contributed by atoms with Crippen molar-refractivity contribution in [3.63, 3.8) is 0 Å². The van der Waals surface area contributed by atoms with Crippen LogP contribution in [0.15, 0.2) is 49.1 Å². The molecule has 3 aromatic rings. The molecule has 9 heteroatoms. The SMILES string of the molecule is C=CC(=O)N1CCN(c2nc(OC[C@@H]3CCCN3C)nc3c2CCN(c2c[c]cc4ccccc24)C3)C[C@@H]1CC#N. The number of benzene rings is 2. The van der Waals surface area contributed by atoms with E-state index >= 15 is 0 Å². The molecule has 6 rings (SSSR count). The molecular weight excluding hydrogens is 514 g/mol. The summed E-state index contributed by atoms with van der Waals surface area (Å²) >= 11 is 0. The van der Waals surface area contributed by atoms with Crippen molar-refractivity contribution in [2.24, 2.45) is 0 Å². The molecule has 0 bridgehead atoms. The summed E-state index contributed by atoms with van der Waals surface area (Å²) in [7, 11) is 2.14. The number of carbonyl (C=O) groups is 1. The second-order valence-electron chi connectivity index (χ2n) is 11.1. The molecule has 2 fully saturated rings. The summed E-state index contributed by atoms with van der Waals surface area (Å²) in [5, 5.41) is 11.9. The third-order valence-electron chi connectivity index (χ3n) is 8.70. The van der Waals surface area contributed by atoms with Crippen LogP contribution in [-0.4, -0.2) is 84.1 Å². The van der Waals surface area contributed by atoms with E-state index in [4.69, 9.17) is 14.7 Å². The van der Waals surface area contributed by atoms with Crippen LogP contribution in [0.2, 0.25) is 0 Å². The van der Waals surface area contributed by atoms with E-state index in [0.29, 0.717) is 44.8 Å². The van der Waals surface area contributed by atoms with Crippen LogP contribution in [0.3, 0.4) is 0 Å². The number of amides is 1. The van der Waals surface area contributed by atoms with Crippen LogP contribution >= 0.6 is 0 Å². The third-order valence-corrected chi connectivity index (χ3v) is 8.70. The van der Waals surface area contributed by atoms with Crippen molar-refractivity contribution < 1.29 is 9.53 Å².